The maximum Gasteiger partial charge on any atom is 0.0561 e. The van der Waals surface area contributed by atoms with Crippen LogP contribution in [-0.4, -0.2) is 4.57 Å². The van der Waals surface area contributed by atoms with Gasteiger partial charge in [-0.15, -0.1) is 0 Å². The third-order valence-corrected chi connectivity index (χ3v) is 12.6. The van der Waals surface area contributed by atoms with Crippen LogP contribution in [0.25, 0.3) is 27.5 Å². The standard InChI is InChI=1S/C44H42N2/c1-2-6-35(7-3-1)46-43-9-5-4-8-39(43)40-23-22-38(28-44(40)46)45(36-18-14-31(15-19-36)41-26-29-10-12-33(41)24-29)37-20-16-32(17-21-37)42-27-30-11-13-34(42)25-30/h1-9,14-23,28-30,33-34,41-42H,10-13,24-27H2. The van der Waals surface area contributed by atoms with Gasteiger partial charge in [0.15, 0.2) is 0 Å². The quantitative estimate of drug-likeness (QED) is 0.185. The van der Waals surface area contributed by atoms with Crippen molar-refractivity contribution >= 4 is 38.9 Å². The summed E-state index contributed by atoms with van der Waals surface area (Å²) in [5, 5.41) is 2.59. The van der Waals surface area contributed by atoms with Gasteiger partial charge in [-0.2, -0.15) is 0 Å². The van der Waals surface area contributed by atoms with E-state index in [1.807, 2.05) is 0 Å². The number of para-hydroxylation sites is 2. The van der Waals surface area contributed by atoms with Crippen LogP contribution in [0.5, 0.6) is 0 Å². The summed E-state index contributed by atoms with van der Waals surface area (Å²) in [4.78, 5) is 2.49. The van der Waals surface area contributed by atoms with Crippen LogP contribution in [0.1, 0.15) is 74.3 Å². The summed E-state index contributed by atoms with van der Waals surface area (Å²) >= 11 is 0. The molecule has 1 heterocycles. The fourth-order valence-electron chi connectivity index (χ4n) is 10.4. The Morgan fingerprint density at radius 2 is 1.00 bits per heavy atom. The molecule has 4 saturated carbocycles. The minimum absolute atomic E-state index is 0.750. The number of aromatic nitrogens is 1. The number of anilines is 3. The van der Waals surface area contributed by atoms with Gasteiger partial charge in [-0.3, -0.25) is 0 Å². The first-order valence-electron chi connectivity index (χ1n) is 17.9. The van der Waals surface area contributed by atoms with Gasteiger partial charge in [0, 0.05) is 33.5 Å². The number of rotatable bonds is 6. The molecule has 6 unspecified atom stereocenters. The molecule has 6 aromatic rings. The molecule has 4 aliphatic carbocycles. The molecule has 4 aliphatic rings. The van der Waals surface area contributed by atoms with E-state index in [4.69, 9.17) is 0 Å². The molecule has 0 saturated heterocycles. The molecule has 0 amide bonds. The molecule has 0 radical (unpaired) electrons. The Labute approximate surface area is 272 Å². The summed E-state index contributed by atoms with van der Waals surface area (Å²) in [7, 11) is 0. The van der Waals surface area contributed by atoms with Crippen LogP contribution in [0, 0.1) is 23.7 Å². The zero-order valence-corrected chi connectivity index (χ0v) is 26.6. The Hall–Kier alpha value is -4.30. The Morgan fingerprint density at radius 3 is 1.57 bits per heavy atom. The van der Waals surface area contributed by atoms with Crippen molar-refractivity contribution in [2.75, 3.05) is 4.90 Å². The van der Waals surface area contributed by atoms with Crippen molar-refractivity contribution < 1.29 is 0 Å². The number of hydrogen-bond donors (Lipinski definition) is 0. The van der Waals surface area contributed by atoms with Crippen molar-refractivity contribution in [2.24, 2.45) is 23.7 Å². The largest absolute Gasteiger partial charge is 0.310 e. The van der Waals surface area contributed by atoms with Crippen LogP contribution < -0.4 is 4.90 Å². The topological polar surface area (TPSA) is 8.17 Å². The van der Waals surface area contributed by atoms with Crippen LogP contribution in [0.2, 0.25) is 0 Å². The number of hydrogen-bond acceptors (Lipinski definition) is 1. The van der Waals surface area contributed by atoms with Crippen LogP contribution in [-0.2, 0) is 0 Å². The first-order chi connectivity index (χ1) is 22.8. The van der Waals surface area contributed by atoms with Gasteiger partial charge in [0.2, 0.25) is 0 Å². The van der Waals surface area contributed by atoms with Gasteiger partial charge in [-0.1, -0.05) is 79.6 Å². The van der Waals surface area contributed by atoms with E-state index >= 15 is 0 Å². The maximum atomic E-state index is 2.49. The molecule has 46 heavy (non-hydrogen) atoms. The van der Waals surface area contributed by atoms with Crippen molar-refractivity contribution in [3.8, 4) is 5.69 Å². The lowest BCUT2D eigenvalue weighted by molar-refractivity contribution is 0.420. The molecule has 228 valence electrons. The Balaban J connectivity index is 1.09. The predicted molar refractivity (Wildman–Crippen MR) is 192 cm³/mol. The lowest BCUT2D eigenvalue weighted by Gasteiger charge is -2.28. The third kappa shape index (κ3) is 4.29. The minimum Gasteiger partial charge on any atom is -0.310 e. The van der Waals surface area contributed by atoms with Crippen molar-refractivity contribution in [3.05, 3.63) is 132 Å². The van der Waals surface area contributed by atoms with Gasteiger partial charge >= 0.3 is 0 Å². The highest BCUT2D eigenvalue weighted by atomic mass is 15.1. The number of fused-ring (bicyclic) bond motifs is 7. The highest BCUT2D eigenvalue weighted by Crippen LogP contribution is 2.54. The molecule has 5 aromatic carbocycles. The lowest BCUT2D eigenvalue weighted by atomic mass is 9.83. The van der Waals surface area contributed by atoms with Crippen molar-refractivity contribution in [3.63, 3.8) is 0 Å². The summed E-state index contributed by atoms with van der Waals surface area (Å²) in [6.07, 6.45) is 11.4. The van der Waals surface area contributed by atoms with Crippen LogP contribution in [0.15, 0.2) is 121 Å². The summed E-state index contributed by atoms with van der Waals surface area (Å²) in [5.74, 6) is 5.21. The monoisotopic (exact) mass is 598 g/mol. The predicted octanol–water partition coefficient (Wildman–Crippen LogP) is 12.1. The molecule has 10 rings (SSSR count). The maximum absolute atomic E-state index is 2.49. The van der Waals surface area contributed by atoms with Gasteiger partial charge in [-0.05, 0) is 140 Å². The Bertz CT molecular complexity index is 1960. The normalized spacial score (nSPS) is 26.4. The molecule has 4 bridgehead atoms. The fraction of sp³-hybridized carbons (Fsp3) is 0.318. The van der Waals surface area contributed by atoms with Crippen molar-refractivity contribution in [1.82, 2.24) is 4.57 Å². The smallest absolute Gasteiger partial charge is 0.0561 e. The highest BCUT2D eigenvalue weighted by molar-refractivity contribution is 6.10. The first kappa shape index (κ1) is 26.9. The molecule has 2 nitrogen and oxygen atoms in total. The molecular weight excluding hydrogens is 556 g/mol. The number of benzene rings is 5. The average molecular weight is 599 g/mol. The van der Waals surface area contributed by atoms with E-state index in [0.717, 1.165) is 35.5 Å². The molecule has 1 aromatic heterocycles. The van der Waals surface area contributed by atoms with E-state index in [9.17, 15) is 0 Å². The summed E-state index contributed by atoms with van der Waals surface area (Å²) in [6.45, 7) is 0. The molecule has 0 spiro atoms. The third-order valence-electron chi connectivity index (χ3n) is 12.6. The van der Waals surface area contributed by atoms with Crippen LogP contribution in [0.4, 0.5) is 17.1 Å². The zero-order chi connectivity index (χ0) is 30.2. The Kier molecular flexibility index (Phi) is 6.21. The van der Waals surface area contributed by atoms with Gasteiger partial charge in [0.25, 0.3) is 0 Å². The van der Waals surface area contributed by atoms with Crippen molar-refractivity contribution in [2.45, 2.75) is 63.2 Å². The second kappa shape index (κ2) is 10.6. The summed E-state index contributed by atoms with van der Waals surface area (Å²) in [5.41, 5.74) is 10.5. The lowest BCUT2D eigenvalue weighted by Crippen LogP contribution is -2.12. The van der Waals surface area contributed by atoms with E-state index in [1.54, 1.807) is 11.1 Å². The van der Waals surface area contributed by atoms with E-state index in [2.05, 4.69) is 131 Å². The fourth-order valence-corrected chi connectivity index (χ4v) is 10.4. The average Bonchev–Trinajstić information content (AvgIpc) is 3.97. The molecule has 0 aliphatic heterocycles. The van der Waals surface area contributed by atoms with Gasteiger partial charge in [0.05, 0.1) is 11.0 Å². The first-order valence-corrected chi connectivity index (χ1v) is 17.9. The molecule has 4 fully saturated rings. The second-order valence-corrected chi connectivity index (χ2v) is 15.0. The highest BCUT2D eigenvalue weighted by Gasteiger charge is 2.41. The van der Waals surface area contributed by atoms with E-state index in [1.165, 1.54) is 95.9 Å². The molecule has 2 heteroatoms. The van der Waals surface area contributed by atoms with Crippen molar-refractivity contribution in [1.29, 1.82) is 0 Å². The van der Waals surface area contributed by atoms with E-state index in [-0.39, 0.29) is 0 Å². The van der Waals surface area contributed by atoms with E-state index in [0.29, 0.717) is 0 Å². The van der Waals surface area contributed by atoms with E-state index < -0.39 is 0 Å². The molecular formula is C44H42N2. The van der Waals surface area contributed by atoms with Gasteiger partial charge < -0.3 is 9.47 Å². The number of nitrogens with zero attached hydrogens (tertiary/aromatic N) is 2. The SMILES string of the molecule is c1ccc(-n2c3ccccc3c3ccc(N(c4ccc(C5CC6CCC5C6)cc4)c4ccc(C5CC6CCC5C6)cc4)cc32)cc1. The van der Waals surface area contributed by atoms with Gasteiger partial charge in [-0.25, -0.2) is 0 Å². The molecule has 0 N–H and O–H groups in total. The Morgan fingerprint density at radius 1 is 0.457 bits per heavy atom. The van der Waals surface area contributed by atoms with Gasteiger partial charge in [0.1, 0.15) is 0 Å². The minimum atomic E-state index is 0.750. The second-order valence-electron chi connectivity index (χ2n) is 15.0. The summed E-state index contributed by atoms with van der Waals surface area (Å²) < 4.78 is 2.43. The van der Waals surface area contributed by atoms with Crippen LogP contribution >= 0.6 is 0 Å². The zero-order valence-electron chi connectivity index (χ0n) is 26.6. The molecule has 6 atom stereocenters. The van der Waals surface area contributed by atoms with Crippen LogP contribution in [0.3, 0.4) is 0 Å². The summed E-state index contributed by atoms with van der Waals surface area (Å²) in [6, 6.07) is 46.1.